The van der Waals surface area contributed by atoms with E-state index in [1.807, 2.05) is 19.2 Å². The van der Waals surface area contributed by atoms with Crippen molar-refractivity contribution in [1.82, 2.24) is 5.32 Å². The first-order valence-electron chi connectivity index (χ1n) is 5.59. The lowest BCUT2D eigenvalue weighted by molar-refractivity contribution is 0.0601. The number of carbonyl (C=O) groups is 1. The molecule has 0 amide bonds. The normalized spacial score (nSPS) is 11.1. The average Bonchev–Trinajstić information content (AvgIpc) is 2.36. The minimum absolute atomic E-state index is 0.0288. The summed E-state index contributed by atoms with van der Waals surface area (Å²) in [5.41, 5.74) is 1.58. The molecule has 0 aliphatic carbocycles. The van der Waals surface area contributed by atoms with Crippen LogP contribution < -0.4 is 10.6 Å². The van der Waals surface area contributed by atoms with Crippen LogP contribution in [0.2, 0.25) is 0 Å². The summed E-state index contributed by atoms with van der Waals surface area (Å²) in [4.78, 5) is 11.2. The quantitative estimate of drug-likeness (QED) is 0.766. The smallest absolute Gasteiger partial charge is 0.337 e. The van der Waals surface area contributed by atoms with Gasteiger partial charge in [-0.3, -0.25) is 0 Å². The zero-order chi connectivity index (χ0) is 12.9. The van der Waals surface area contributed by atoms with Gasteiger partial charge in [0, 0.05) is 17.8 Å². The highest BCUT2D eigenvalue weighted by Crippen LogP contribution is 2.12. The summed E-state index contributed by atoms with van der Waals surface area (Å²) in [6.07, 6.45) is 0. The van der Waals surface area contributed by atoms with Gasteiger partial charge >= 0.3 is 5.97 Å². The number of carbonyl (C=O) groups excluding carboxylic acids is 1. The first-order valence-corrected chi connectivity index (χ1v) is 5.59. The molecule has 0 atom stereocenters. The lowest BCUT2D eigenvalue weighted by atomic mass is 10.1. The van der Waals surface area contributed by atoms with Crippen LogP contribution in [-0.2, 0) is 4.74 Å². The molecule has 0 bridgehead atoms. The summed E-state index contributed by atoms with van der Waals surface area (Å²) >= 11 is 0. The Morgan fingerprint density at radius 1 is 1.29 bits per heavy atom. The Morgan fingerprint density at radius 2 is 1.88 bits per heavy atom. The molecule has 0 unspecified atom stereocenters. The Hall–Kier alpha value is -1.55. The molecule has 1 aromatic rings. The Labute approximate surface area is 102 Å². The number of anilines is 1. The van der Waals surface area contributed by atoms with Crippen LogP contribution in [0.3, 0.4) is 0 Å². The van der Waals surface area contributed by atoms with Crippen molar-refractivity contribution in [3.63, 3.8) is 0 Å². The monoisotopic (exact) mass is 236 g/mol. The Kier molecular flexibility index (Phi) is 4.52. The average molecular weight is 236 g/mol. The molecule has 1 rings (SSSR count). The fourth-order valence-electron chi connectivity index (χ4n) is 1.25. The first kappa shape index (κ1) is 13.5. The lowest BCUT2D eigenvalue weighted by Gasteiger charge is -2.24. The van der Waals surface area contributed by atoms with E-state index in [1.165, 1.54) is 7.11 Å². The van der Waals surface area contributed by atoms with E-state index in [0.717, 1.165) is 12.2 Å². The van der Waals surface area contributed by atoms with Crippen LogP contribution in [-0.4, -0.2) is 32.2 Å². The molecule has 4 heteroatoms. The third-order valence-electron chi connectivity index (χ3n) is 2.72. The predicted molar refractivity (Wildman–Crippen MR) is 69.4 cm³/mol. The predicted octanol–water partition coefficient (Wildman–Crippen LogP) is 1.88. The molecule has 0 fully saturated rings. The number of hydrogen-bond acceptors (Lipinski definition) is 4. The molecule has 0 heterocycles. The lowest BCUT2D eigenvalue weighted by Crippen LogP contribution is -2.42. The zero-order valence-corrected chi connectivity index (χ0v) is 10.8. The van der Waals surface area contributed by atoms with E-state index in [-0.39, 0.29) is 11.5 Å². The van der Waals surface area contributed by atoms with Crippen molar-refractivity contribution in [2.75, 3.05) is 26.0 Å². The Bertz CT molecular complexity index is 372. The fraction of sp³-hybridized carbons (Fsp3) is 0.462. The van der Waals surface area contributed by atoms with Gasteiger partial charge in [0.25, 0.3) is 0 Å². The second-order valence-corrected chi connectivity index (χ2v) is 4.56. The molecular weight excluding hydrogens is 216 g/mol. The van der Waals surface area contributed by atoms with E-state index in [2.05, 4.69) is 29.2 Å². The third kappa shape index (κ3) is 4.07. The minimum Gasteiger partial charge on any atom is -0.465 e. The SMILES string of the molecule is CNC(C)(C)CNc1ccc(C(=O)OC)cc1. The standard InChI is InChI=1S/C13H20N2O2/c1-13(2,14-3)9-15-11-7-5-10(6-8-11)12(16)17-4/h5-8,14-15H,9H2,1-4H3. The van der Waals surface area contributed by atoms with E-state index in [4.69, 9.17) is 0 Å². The molecule has 0 aliphatic rings. The maximum atomic E-state index is 11.2. The van der Waals surface area contributed by atoms with E-state index in [9.17, 15) is 4.79 Å². The van der Waals surface area contributed by atoms with Crippen molar-refractivity contribution >= 4 is 11.7 Å². The number of hydrogen-bond donors (Lipinski definition) is 2. The van der Waals surface area contributed by atoms with Gasteiger partial charge in [-0.15, -0.1) is 0 Å². The number of methoxy groups -OCH3 is 1. The topological polar surface area (TPSA) is 50.4 Å². The van der Waals surface area contributed by atoms with E-state index < -0.39 is 0 Å². The molecule has 1 aromatic carbocycles. The van der Waals surface area contributed by atoms with Gasteiger partial charge in [-0.1, -0.05) is 0 Å². The Morgan fingerprint density at radius 3 is 2.35 bits per heavy atom. The second kappa shape index (κ2) is 5.68. The van der Waals surface area contributed by atoms with E-state index >= 15 is 0 Å². The van der Waals surface area contributed by atoms with Gasteiger partial charge in [-0.25, -0.2) is 4.79 Å². The maximum absolute atomic E-state index is 11.2. The summed E-state index contributed by atoms with van der Waals surface area (Å²) in [5.74, 6) is -0.313. The van der Waals surface area contributed by atoms with Crippen LogP contribution in [0.1, 0.15) is 24.2 Å². The first-order chi connectivity index (χ1) is 7.98. The van der Waals surface area contributed by atoms with Crippen LogP contribution in [0.25, 0.3) is 0 Å². The number of likely N-dealkylation sites (N-methyl/N-ethyl adjacent to an activating group) is 1. The van der Waals surface area contributed by atoms with Gasteiger partial charge in [0.1, 0.15) is 0 Å². The molecule has 0 saturated heterocycles. The molecule has 94 valence electrons. The second-order valence-electron chi connectivity index (χ2n) is 4.56. The summed E-state index contributed by atoms with van der Waals surface area (Å²) in [6, 6.07) is 7.25. The molecule has 17 heavy (non-hydrogen) atoms. The van der Waals surface area contributed by atoms with Crippen LogP contribution >= 0.6 is 0 Å². The number of esters is 1. The summed E-state index contributed by atoms with van der Waals surface area (Å²) < 4.78 is 4.64. The van der Waals surface area contributed by atoms with E-state index in [0.29, 0.717) is 5.56 Å². The van der Waals surface area contributed by atoms with Crippen LogP contribution in [0.5, 0.6) is 0 Å². The van der Waals surface area contributed by atoms with Gasteiger partial charge in [-0.2, -0.15) is 0 Å². The van der Waals surface area contributed by atoms with Crippen molar-refractivity contribution in [3.05, 3.63) is 29.8 Å². The summed E-state index contributed by atoms with van der Waals surface area (Å²) in [6.45, 7) is 5.03. The number of nitrogens with one attached hydrogen (secondary N) is 2. The minimum atomic E-state index is -0.313. The van der Waals surface area contributed by atoms with Crippen LogP contribution in [0, 0.1) is 0 Å². The zero-order valence-electron chi connectivity index (χ0n) is 10.8. The third-order valence-corrected chi connectivity index (χ3v) is 2.72. The molecule has 4 nitrogen and oxygen atoms in total. The molecule has 0 aromatic heterocycles. The molecule has 2 N–H and O–H groups in total. The van der Waals surface area contributed by atoms with Gasteiger partial charge in [0.2, 0.25) is 0 Å². The highest BCUT2D eigenvalue weighted by molar-refractivity contribution is 5.89. The van der Waals surface area contributed by atoms with Gasteiger partial charge in [0.05, 0.1) is 12.7 Å². The summed E-state index contributed by atoms with van der Waals surface area (Å²) in [5, 5.41) is 6.52. The van der Waals surface area contributed by atoms with Crippen LogP contribution in [0.15, 0.2) is 24.3 Å². The molecule has 0 aliphatic heterocycles. The summed E-state index contributed by atoms with van der Waals surface area (Å²) in [7, 11) is 3.31. The molecule has 0 radical (unpaired) electrons. The molecular formula is C13H20N2O2. The van der Waals surface area contributed by atoms with Crippen molar-refractivity contribution in [2.24, 2.45) is 0 Å². The van der Waals surface area contributed by atoms with Crippen molar-refractivity contribution in [2.45, 2.75) is 19.4 Å². The van der Waals surface area contributed by atoms with Crippen molar-refractivity contribution < 1.29 is 9.53 Å². The van der Waals surface area contributed by atoms with Crippen LogP contribution in [0.4, 0.5) is 5.69 Å². The highest BCUT2D eigenvalue weighted by atomic mass is 16.5. The maximum Gasteiger partial charge on any atom is 0.337 e. The Balaban J connectivity index is 2.60. The number of rotatable bonds is 5. The number of benzene rings is 1. The molecule has 0 saturated carbocycles. The van der Waals surface area contributed by atoms with Gasteiger partial charge in [-0.05, 0) is 45.2 Å². The fourth-order valence-corrected chi connectivity index (χ4v) is 1.25. The van der Waals surface area contributed by atoms with E-state index in [1.54, 1.807) is 12.1 Å². The van der Waals surface area contributed by atoms with Crippen molar-refractivity contribution in [3.8, 4) is 0 Å². The largest absolute Gasteiger partial charge is 0.465 e. The highest BCUT2D eigenvalue weighted by Gasteiger charge is 2.13. The van der Waals surface area contributed by atoms with Gasteiger partial charge < -0.3 is 15.4 Å². The number of ether oxygens (including phenoxy) is 1. The molecule has 0 spiro atoms. The van der Waals surface area contributed by atoms with Crippen molar-refractivity contribution in [1.29, 1.82) is 0 Å². The van der Waals surface area contributed by atoms with Gasteiger partial charge in [0.15, 0.2) is 0 Å².